The average molecular weight is 275 g/mol. The molecule has 0 spiro atoms. The molecule has 2 N–H and O–H groups in total. The number of hydrogen-bond donors (Lipinski definition) is 1. The Kier molecular flexibility index (Phi) is 7.35. The smallest absolute Gasteiger partial charge is 0.159 e. The third-order valence-corrected chi connectivity index (χ3v) is 3.85. The van der Waals surface area contributed by atoms with Crippen molar-refractivity contribution in [1.29, 1.82) is 0 Å². The minimum atomic E-state index is 0.0694. The van der Waals surface area contributed by atoms with Crippen LogP contribution in [0.25, 0.3) is 0 Å². The lowest BCUT2D eigenvalue weighted by Crippen LogP contribution is -2.08. The molecule has 0 heterocycles. The second-order valence-electron chi connectivity index (χ2n) is 6.31. The Bertz CT molecular complexity index is 388. The molecule has 0 saturated heterocycles. The molecule has 1 aromatic rings. The highest BCUT2D eigenvalue weighted by Crippen LogP contribution is 2.28. The molecule has 0 bridgehead atoms. The van der Waals surface area contributed by atoms with E-state index >= 15 is 0 Å². The van der Waals surface area contributed by atoms with Crippen molar-refractivity contribution in [3.63, 3.8) is 0 Å². The van der Waals surface area contributed by atoms with Crippen molar-refractivity contribution < 1.29 is 4.79 Å². The average Bonchev–Trinajstić information content (AvgIpc) is 2.40. The number of carbonyl (C=O) groups is 1. The zero-order valence-electron chi connectivity index (χ0n) is 13.2. The molecule has 2 rings (SSSR count). The number of nitrogen functional groups attached to an aromatic ring is 1. The van der Waals surface area contributed by atoms with Gasteiger partial charge in [-0.3, -0.25) is 4.79 Å². The van der Waals surface area contributed by atoms with Gasteiger partial charge in [0.05, 0.1) is 0 Å². The molecule has 1 fully saturated rings. The summed E-state index contributed by atoms with van der Waals surface area (Å²) in [7, 11) is 0. The summed E-state index contributed by atoms with van der Waals surface area (Å²) in [5.41, 5.74) is 6.80. The molecule has 0 unspecified atom stereocenters. The van der Waals surface area contributed by atoms with Gasteiger partial charge < -0.3 is 5.73 Å². The van der Waals surface area contributed by atoms with E-state index in [9.17, 15) is 4.79 Å². The van der Waals surface area contributed by atoms with Crippen molar-refractivity contribution in [3.05, 3.63) is 29.8 Å². The normalized spacial score (nSPS) is 15.6. The fourth-order valence-corrected chi connectivity index (χ4v) is 2.81. The SMILES string of the molecule is CC(=O)c1ccc(N)cc1.CC(C)CC1CCCCC1. The molecule has 0 radical (unpaired) electrons. The molecule has 1 aliphatic carbocycles. The summed E-state index contributed by atoms with van der Waals surface area (Å²) >= 11 is 0. The van der Waals surface area contributed by atoms with Crippen LogP contribution in [0.15, 0.2) is 24.3 Å². The summed E-state index contributed by atoms with van der Waals surface area (Å²) in [6.45, 7) is 6.22. The number of hydrogen-bond acceptors (Lipinski definition) is 2. The van der Waals surface area contributed by atoms with Crippen LogP contribution in [0.2, 0.25) is 0 Å². The van der Waals surface area contributed by atoms with E-state index in [2.05, 4.69) is 13.8 Å². The lowest BCUT2D eigenvalue weighted by Gasteiger charge is -2.22. The van der Waals surface area contributed by atoms with Gasteiger partial charge in [-0.05, 0) is 49.4 Å². The first kappa shape index (κ1) is 16.7. The molecule has 1 saturated carbocycles. The van der Waals surface area contributed by atoms with Crippen LogP contribution in [-0.4, -0.2) is 5.78 Å². The quantitative estimate of drug-likeness (QED) is 0.617. The highest BCUT2D eigenvalue weighted by molar-refractivity contribution is 5.94. The van der Waals surface area contributed by atoms with Crippen LogP contribution in [0.1, 0.15) is 69.7 Å². The first-order chi connectivity index (χ1) is 9.49. The summed E-state index contributed by atoms with van der Waals surface area (Å²) in [5.74, 6) is 2.07. The summed E-state index contributed by atoms with van der Waals surface area (Å²) in [4.78, 5) is 10.7. The largest absolute Gasteiger partial charge is 0.399 e. The topological polar surface area (TPSA) is 43.1 Å². The third-order valence-electron chi connectivity index (χ3n) is 3.85. The number of anilines is 1. The highest BCUT2D eigenvalue weighted by atomic mass is 16.1. The summed E-state index contributed by atoms with van der Waals surface area (Å²) in [6.07, 6.45) is 8.99. The van der Waals surface area contributed by atoms with Crippen molar-refractivity contribution in [2.24, 2.45) is 11.8 Å². The Hall–Kier alpha value is -1.31. The fourth-order valence-electron chi connectivity index (χ4n) is 2.81. The highest BCUT2D eigenvalue weighted by Gasteiger charge is 2.13. The molecule has 0 aromatic heterocycles. The molecule has 112 valence electrons. The second kappa shape index (κ2) is 8.78. The predicted octanol–water partition coefficient (Wildman–Crippen LogP) is 5.08. The van der Waals surface area contributed by atoms with Gasteiger partial charge in [0.25, 0.3) is 0 Å². The minimum absolute atomic E-state index is 0.0694. The van der Waals surface area contributed by atoms with Gasteiger partial charge in [0.1, 0.15) is 0 Å². The van der Waals surface area contributed by atoms with E-state index in [1.807, 2.05) is 0 Å². The van der Waals surface area contributed by atoms with E-state index in [0.717, 1.165) is 11.8 Å². The molecule has 2 heteroatoms. The van der Waals surface area contributed by atoms with Gasteiger partial charge in [0.2, 0.25) is 0 Å². The summed E-state index contributed by atoms with van der Waals surface area (Å²) in [5, 5.41) is 0. The van der Waals surface area contributed by atoms with Crippen molar-refractivity contribution in [2.45, 2.75) is 59.3 Å². The molecule has 0 atom stereocenters. The number of benzene rings is 1. The van der Waals surface area contributed by atoms with Crippen molar-refractivity contribution in [1.82, 2.24) is 0 Å². The number of nitrogens with two attached hydrogens (primary N) is 1. The molecule has 2 nitrogen and oxygen atoms in total. The number of Topliss-reactive ketones (excluding diaryl/α,β-unsaturated/α-hetero) is 1. The van der Waals surface area contributed by atoms with Gasteiger partial charge in [-0.2, -0.15) is 0 Å². The Labute approximate surface area is 123 Å². The van der Waals surface area contributed by atoms with E-state index < -0.39 is 0 Å². The van der Waals surface area contributed by atoms with Crippen LogP contribution in [-0.2, 0) is 0 Å². The number of rotatable bonds is 3. The summed E-state index contributed by atoms with van der Waals surface area (Å²) in [6, 6.07) is 6.88. The molecule has 1 aromatic carbocycles. The van der Waals surface area contributed by atoms with Crippen LogP contribution in [0.4, 0.5) is 5.69 Å². The Morgan fingerprint density at radius 2 is 1.70 bits per heavy atom. The van der Waals surface area contributed by atoms with Crippen LogP contribution in [0.3, 0.4) is 0 Å². The van der Waals surface area contributed by atoms with E-state index in [0.29, 0.717) is 11.3 Å². The number of ketones is 1. The molecular weight excluding hydrogens is 246 g/mol. The van der Waals surface area contributed by atoms with Gasteiger partial charge >= 0.3 is 0 Å². The van der Waals surface area contributed by atoms with Crippen LogP contribution in [0, 0.1) is 11.8 Å². The van der Waals surface area contributed by atoms with E-state index in [1.54, 1.807) is 24.3 Å². The zero-order chi connectivity index (χ0) is 15.0. The summed E-state index contributed by atoms with van der Waals surface area (Å²) < 4.78 is 0. The second-order valence-corrected chi connectivity index (χ2v) is 6.31. The standard InChI is InChI=1S/C10H20.C8H9NO/c1-9(2)8-10-6-4-3-5-7-10;1-6(10)7-2-4-8(9)5-3-7/h9-10H,3-8H2,1-2H3;2-5H,9H2,1H3. The molecule has 20 heavy (non-hydrogen) atoms. The molecule has 1 aliphatic rings. The van der Waals surface area contributed by atoms with E-state index in [1.165, 1.54) is 45.4 Å². The zero-order valence-corrected chi connectivity index (χ0v) is 13.2. The van der Waals surface area contributed by atoms with Crippen molar-refractivity contribution >= 4 is 11.5 Å². The third kappa shape index (κ3) is 6.74. The molecular formula is C18H29NO. The fraction of sp³-hybridized carbons (Fsp3) is 0.611. The van der Waals surface area contributed by atoms with Crippen molar-refractivity contribution in [3.8, 4) is 0 Å². The van der Waals surface area contributed by atoms with E-state index in [-0.39, 0.29) is 5.78 Å². The Morgan fingerprint density at radius 3 is 2.15 bits per heavy atom. The van der Waals surface area contributed by atoms with Gasteiger partial charge in [0.15, 0.2) is 5.78 Å². The maximum atomic E-state index is 10.7. The Balaban J connectivity index is 0.000000200. The van der Waals surface area contributed by atoms with Gasteiger partial charge in [-0.25, -0.2) is 0 Å². The monoisotopic (exact) mass is 275 g/mol. The predicted molar refractivity (Wildman–Crippen MR) is 86.9 cm³/mol. The first-order valence-corrected chi connectivity index (χ1v) is 7.85. The minimum Gasteiger partial charge on any atom is -0.399 e. The lowest BCUT2D eigenvalue weighted by molar-refractivity contribution is 0.101. The van der Waals surface area contributed by atoms with Gasteiger partial charge in [-0.1, -0.05) is 46.0 Å². The Morgan fingerprint density at radius 1 is 1.15 bits per heavy atom. The van der Waals surface area contributed by atoms with Crippen LogP contribution in [0.5, 0.6) is 0 Å². The van der Waals surface area contributed by atoms with Gasteiger partial charge in [-0.15, -0.1) is 0 Å². The molecule has 0 aliphatic heterocycles. The maximum Gasteiger partial charge on any atom is 0.159 e. The van der Waals surface area contributed by atoms with Crippen molar-refractivity contribution in [2.75, 3.05) is 5.73 Å². The van der Waals surface area contributed by atoms with Crippen LogP contribution < -0.4 is 5.73 Å². The first-order valence-electron chi connectivity index (χ1n) is 7.85. The number of carbonyl (C=O) groups excluding carboxylic acids is 1. The maximum absolute atomic E-state index is 10.7. The van der Waals surface area contributed by atoms with E-state index in [4.69, 9.17) is 5.73 Å². The lowest BCUT2D eigenvalue weighted by atomic mass is 9.84. The van der Waals surface area contributed by atoms with Gasteiger partial charge in [0, 0.05) is 11.3 Å². The van der Waals surface area contributed by atoms with Crippen LogP contribution >= 0.6 is 0 Å². The molecule has 0 amide bonds.